The number of rotatable bonds is 7. The van der Waals surface area contributed by atoms with Gasteiger partial charge in [0.05, 0.1) is 12.3 Å². The summed E-state index contributed by atoms with van der Waals surface area (Å²) >= 11 is 0. The highest BCUT2D eigenvalue weighted by molar-refractivity contribution is 5.97. The largest absolute Gasteiger partial charge is 0.383 e. The van der Waals surface area contributed by atoms with Crippen LogP contribution in [0.2, 0.25) is 0 Å². The summed E-state index contributed by atoms with van der Waals surface area (Å²) in [5.74, 6) is 0.244. The lowest BCUT2D eigenvalue weighted by Crippen LogP contribution is -2.30. The summed E-state index contributed by atoms with van der Waals surface area (Å²) in [6.07, 6.45) is 2.79. The second-order valence-corrected chi connectivity index (χ2v) is 6.19. The summed E-state index contributed by atoms with van der Waals surface area (Å²) in [4.78, 5) is 29.0. The van der Waals surface area contributed by atoms with Crippen LogP contribution in [0, 0.1) is 5.92 Å². The lowest BCUT2D eigenvalue weighted by atomic mass is 10.1. The monoisotopic (exact) mass is 322 g/mol. The molecule has 23 heavy (non-hydrogen) atoms. The third kappa shape index (κ3) is 4.31. The van der Waals surface area contributed by atoms with E-state index in [0.717, 1.165) is 31.5 Å². The lowest BCUT2D eigenvalue weighted by molar-refractivity contribution is 0.0921. The van der Waals surface area contributed by atoms with Gasteiger partial charge in [-0.3, -0.25) is 9.59 Å². The molecule has 2 heterocycles. The molecule has 0 bridgehead atoms. The number of nitrogens with zero attached hydrogens (tertiary/aromatic N) is 2. The summed E-state index contributed by atoms with van der Waals surface area (Å²) in [6, 6.07) is 0. The molecule has 0 aliphatic carbocycles. The van der Waals surface area contributed by atoms with Crippen molar-refractivity contribution in [1.29, 1.82) is 0 Å². The zero-order chi connectivity index (χ0) is 16.8. The summed E-state index contributed by atoms with van der Waals surface area (Å²) in [7, 11) is 1.58. The topological polar surface area (TPSA) is 85.2 Å². The fourth-order valence-electron chi connectivity index (χ4n) is 2.62. The number of carbonyl (C=O) groups is 2. The average molecular weight is 322 g/mol. The number of carbonyl (C=O) groups excluding carboxylic acids is 2. The Morgan fingerprint density at radius 3 is 2.74 bits per heavy atom. The Hall–Kier alpha value is -1.89. The van der Waals surface area contributed by atoms with E-state index in [1.54, 1.807) is 7.11 Å². The van der Waals surface area contributed by atoms with E-state index in [9.17, 15) is 9.59 Å². The van der Waals surface area contributed by atoms with E-state index < -0.39 is 0 Å². The predicted octanol–water partition coefficient (Wildman–Crippen LogP) is 0.981. The molecule has 1 aromatic heterocycles. The summed E-state index contributed by atoms with van der Waals surface area (Å²) < 4.78 is 6.82. The highest BCUT2D eigenvalue weighted by Gasteiger charge is 2.27. The number of hydrogen-bond donors (Lipinski definition) is 2. The van der Waals surface area contributed by atoms with Gasteiger partial charge in [0, 0.05) is 26.7 Å². The van der Waals surface area contributed by atoms with Gasteiger partial charge in [-0.25, -0.2) is 4.98 Å². The van der Waals surface area contributed by atoms with Gasteiger partial charge in [0.2, 0.25) is 0 Å². The first kappa shape index (κ1) is 17.5. The Morgan fingerprint density at radius 1 is 1.26 bits per heavy atom. The standard InChI is InChI=1S/C16H26N4O3/c1-11(2)10-18-15(21)13-12-6-4-5-8-20(12)14(19-13)16(22)17-7-9-23-3/h11H,4-10H2,1-3H3,(H,17,22)(H,18,21). The first-order valence-corrected chi connectivity index (χ1v) is 8.19. The molecule has 1 aliphatic rings. The fraction of sp³-hybridized carbons (Fsp3) is 0.688. The molecule has 2 N–H and O–H groups in total. The van der Waals surface area contributed by atoms with Crippen molar-refractivity contribution in [2.75, 3.05) is 26.8 Å². The summed E-state index contributed by atoms with van der Waals surface area (Å²) in [5.41, 5.74) is 1.26. The van der Waals surface area contributed by atoms with Crippen LogP contribution in [0.25, 0.3) is 0 Å². The molecule has 7 heteroatoms. The van der Waals surface area contributed by atoms with Gasteiger partial charge in [-0.05, 0) is 25.2 Å². The number of amides is 2. The molecule has 0 aromatic carbocycles. The van der Waals surface area contributed by atoms with Gasteiger partial charge >= 0.3 is 0 Å². The molecular weight excluding hydrogens is 296 g/mol. The van der Waals surface area contributed by atoms with Crippen molar-refractivity contribution in [3.8, 4) is 0 Å². The van der Waals surface area contributed by atoms with Crippen LogP contribution in [0.1, 0.15) is 53.5 Å². The van der Waals surface area contributed by atoms with Crippen LogP contribution in [0.4, 0.5) is 0 Å². The number of fused-ring (bicyclic) bond motifs is 1. The predicted molar refractivity (Wildman–Crippen MR) is 86.5 cm³/mol. The van der Waals surface area contributed by atoms with Crippen LogP contribution < -0.4 is 10.6 Å². The van der Waals surface area contributed by atoms with Crippen molar-refractivity contribution in [2.24, 2.45) is 5.92 Å². The number of imidazole rings is 1. The molecule has 0 saturated carbocycles. The molecule has 0 saturated heterocycles. The van der Waals surface area contributed by atoms with E-state index >= 15 is 0 Å². The molecule has 0 radical (unpaired) electrons. The SMILES string of the molecule is COCCNC(=O)c1nc(C(=O)NCC(C)C)c2n1CCCC2. The Morgan fingerprint density at radius 2 is 2.04 bits per heavy atom. The molecule has 128 valence electrons. The van der Waals surface area contributed by atoms with Crippen molar-refractivity contribution in [3.05, 3.63) is 17.2 Å². The highest BCUT2D eigenvalue weighted by atomic mass is 16.5. The average Bonchev–Trinajstić information content (AvgIpc) is 2.92. The van der Waals surface area contributed by atoms with Gasteiger partial charge in [-0.15, -0.1) is 0 Å². The zero-order valence-corrected chi connectivity index (χ0v) is 14.1. The minimum Gasteiger partial charge on any atom is -0.383 e. The molecule has 0 atom stereocenters. The molecule has 0 unspecified atom stereocenters. The number of nitrogens with one attached hydrogen (secondary N) is 2. The fourth-order valence-corrected chi connectivity index (χ4v) is 2.62. The van der Waals surface area contributed by atoms with E-state index in [0.29, 0.717) is 37.1 Å². The Kier molecular flexibility index (Phi) is 6.15. The minimum atomic E-state index is -0.256. The molecular formula is C16H26N4O3. The van der Waals surface area contributed by atoms with Gasteiger partial charge in [0.1, 0.15) is 5.69 Å². The van der Waals surface area contributed by atoms with Crippen molar-refractivity contribution in [1.82, 2.24) is 20.2 Å². The van der Waals surface area contributed by atoms with Gasteiger partial charge < -0.3 is 19.9 Å². The van der Waals surface area contributed by atoms with Crippen LogP contribution in [0.3, 0.4) is 0 Å². The Bertz CT molecular complexity index is 566. The first-order valence-electron chi connectivity index (χ1n) is 8.19. The Labute approximate surface area is 136 Å². The third-order valence-corrected chi connectivity index (χ3v) is 3.80. The molecule has 7 nitrogen and oxygen atoms in total. The normalized spacial score (nSPS) is 13.7. The Balaban J connectivity index is 2.19. The van der Waals surface area contributed by atoms with Crippen LogP contribution in [0.5, 0.6) is 0 Å². The number of ether oxygens (including phenoxy) is 1. The zero-order valence-electron chi connectivity index (χ0n) is 14.1. The molecule has 1 aliphatic heterocycles. The van der Waals surface area contributed by atoms with E-state index in [-0.39, 0.29) is 11.8 Å². The molecule has 2 amide bonds. The van der Waals surface area contributed by atoms with Gasteiger partial charge in [-0.1, -0.05) is 13.8 Å². The third-order valence-electron chi connectivity index (χ3n) is 3.80. The second kappa shape index (κ2) is 8.10. The molecule has 0 spiro atoms. The second-order valence-electron chi connectivity index (χ2n) is 6.19. The summed E-state index contributed by atoms with van der Waals surface area (Å²) in [6.45, 7) is 6.27. The van der Waals surface area contributed by atoms with Crippen LogP contribution >= 0.6 is 0 Å². The van der Waals surface area contributed by atoms with Crippen molar-refractivity contribution in [3.63, 3.8) is 0 Å². The van der Waals surface area contributed by atoms with E-state index in [2.05, 4.69) is 15.6 Å². The maximum atomic E-state index is 12.4. The summed E-state index contributed by atoms with van der Waals surface area (Å²) in [5, 5.41) is 5.66. The lowest BCUT2D eigenvalue weighted by Gasteiger charge is -2.17. The van der Waals surface area contributed by atoms with E-state index in [1.165, 1.54) is 0 Å². The number of aromatic nitrogens is 2. The van der Waals surface area contributed by atoms with Crippen molar-refractivity contribution >= 4 is 11.8 Å². The van der Waals surface area contributed by atoms with Crippen molar-refractivity contribution < 1.29 is 14.3 Å². The maximum absolute atomic E-state index is 12.4. The molecule has 0 fully saturated rings. The molecule has 1 aromatic rings. The number of hydrogen-bond acceptors (Lipinski definition) is 4. The first-order chi connectivity index (χ1) is 11.0. The smallest absolute Gasteiger partial charge is 0.287 e. The minimum absolute atomic E-state index is 0.194. The maximum Gasteiger partial charge on any atom is 0.287 e. The van der Waals surface area contributed by atoms with Gasteiger partial charge in [0.15, 0.2) is 5.82 Å². The number of methoxy groups -OCH3 is 1. The van der Waals surface area contributed by atoms with Crippen LogP contribution in [-0.2, 0) is 17.7 Å². The van der Waals surface area contributed by atoms with Crippen LogP contribution in [-0.4, -0.2) is 48.2 Å². The van der Waals surface area contributed by atoms with Gasteiger partial charge in [0.25, 0.3) is 11.8 Å². The highest BCUT2D eigenvalue weighted by Crippen LogP contribution is 2.21. The van der Waals surface area contributed by atoms with E-state index in [4.69, 9.17) is 4.74 Å². The quantitative estimate of drug-likeness (QED) is 0.733. The van der Waals surface area contributed by atoms with Crippen LogP contribution in [0.15, 0.2) is 0 Å². The molecule has 2 rings (SSSR count). The van der Waals surface area contributed by atoms with Gasteiger partial charge in [-0.2, -0.15) is 0 Å². The van der Waals surface area contributed by atoms with E-state index in [1.807, 2.05) is 18.4 Å². The van der Waals surface area contributed by atoms with Crippen molar-refractivity contribution in [2.45, 2.75) is 39.7 Å².